The Bertz CT molecular complexity index is 884. The van der Waals surface area contributed by atoms with Crippen LogP contribution >= 0.6 is 0 Å². The number of unbranched alkanes of at least 4 members (excludes halogenated alkanes) is 16. The van der Waals surface area contributed by atoms with E-state index < -0.39 is 24.3 Å². The van der Waals surface area contributed by atoms with Gasteiger partial charge in [-0.2, -0.15) is 0 Å². The predicted molar refractivity (Wildman–Crippen MR) is 192 cm³/mol. The molecule has 0 amide bonds. The summed E-state index contributed by atoms with van der Waals surface area (Å²) >= 11 is 0. The number of allylic oxidation sites excluding steroid dienone is 2. The Balaban J connectivity index is 2.05. The van der Waals surface area contributed by atoms with Crippen LogP contribution in [0.5, 0.6) is 0 Å². The Morgan fingerprint density at radius 2 is 1.23 bits per heavy atom. The molecule has 1 aliphatic carbocycles. The molecular weight excluding hydrogens is 608 g/mol. The molecule has 48 heavy (non-hydrogen) atoms. The van der Waals surface area contributed by atoms with Gasteiger partial charge in [-0.25, -0.2) is 0 Å². The zero-order valence-electron chi connectivity index (χ0n) is 30.5. The quantitative estimate of drug-likeness (QED) is 0.0378. The van der Waals surface area contributed by atoms with Crippen LogP contribution in [0.1, 0.15) is 168 Å². The van der Waals surface area contributed by atoms with Crippen molar-refractivity contribution in [3.05, 3.63) is 24.3 Å². The van der Waals surface area contributed by atoms with E-state index in [1.54, 1.807) is 12.2 Å². The molecule has 3 N–H and O–H groups in total. The first-order chi connectivity index (χ1) is 23.3. The lowest BCUT2D eigenvalue weighted by molar-refractivity contribution is -0.152. The molecule has 278 valence electrons. The molecule has 8 heteroatoms. The third kappa shape index (κ3) is 23.3. The predicted octanol–water partition coefficient (Wildman–Crippen LogP) is 8.49. The van der Waals surface area contributed by atoms with Crippen LogP contribution in [-0.2, 0) is 23.9 Å². The van der Waals surface area contributed by atoms with Crippen molar-refractivity contribution in [1.82, 2.24) is 0 Å². The van der Waals surface area contributed by atoms with Crippen molar-refractivity contribution in [1.29, 1.82) is 0 Å². The Labute approximate surface area is 292 Å². The van der Waals surface area contributed by atoms with Crippen molar-refractivity contribution in [2.24, 2.45) is 11.8 Å². The molecule has 5 atom stereocenters. The summed E-state index contributed by atoms with van der Waals surface area (Å²) in [6.07, 6.45) is 28.8. The van der Waals surface area contributed by atoms with Crippen molar-refractivity contribution in [3.8, 4) is 0 Å². The first kappa shape index (κ1) is 44.0. The fourth-order valence-corrected chi connectivity index (χ4v) is 6.24. The van der Waals surface area contributed by atoms with Gasteiger partial charge in [-0.1, -0.05) is 141 Å². The number of esters is 2. The molecule has 0 heterocycles. The highest BCUT2D eigenvalue weighted by molar-refractivity contribution is 5.84. The minimum absolute atomic E-state index is 0.0323. The van der Waals surface area contributed by atoms with Gasteiger partial charge >= 0.3 is 11.9 Å². The van der Waals surface area contributed by atoms with Crippen molar-refractivity contribution in [2.45, 2.75) is 186 Å². The monoisotopic (exact) mass is 679 g/mol. The molecule has 0 aromatic carbocycles. The van der Waals surface area contributed by atoms with E-state index in [1.807, 2.05) is 12.2 Å². The van der Waals surface area contributed by atoms with E-state index in [0.29, 0.717) is 32.1 Å². The molecule has 1 fully saturated rings. The molecule has 1 rings (SSSR count). The zero-order chi connectivity index (χ0) is 35.2. The fraction of sp³-hybridized carbons (Fsp3) is 0.825. The first-order valence-corrected chi connectivity index (χ1v) is 19.5. The van der Waals surface area contributed by atoms with Crippen LogP contribution in [0.4, 0.5) is 0 Å². The number of carbonyl (C=O) groups excluding carboxylic acids is 3. The van der Waals surface area contributed by atoms with Gasteiger partial charge in [0.15, 0.2) is 0 Å². The third-order valence-electron chi connectivity index (χ3n) is 9.31. The molecule has 0 aromatic heterocycles. The number of hydrogen-bond donors (Lipinski definition) is 3. The molecule has 0 unspecified atom stereocenters. The molecule has 1 saturated carbocycles. The van der Waals surface area contributed by atoms with Crippen LogP contribution in [0.2, 0.25) is 0 Å². The van der Waals surface area contributed by atoms with Gasteiger partial charge in [0, 0.05) is 31.1 Å². The Morgan fingerprint density at radius 3 is 1.79 bits per heavy atom. The van der Waals surface area contributed by atoms with E-state index in [9.17, 15) is 29.7 Å². The van der Waals surface area contributed by atoms with Crippen molar-refractivity contribution >= 4 is 17.7 Å². The molecule has 0 saturated heterocycles. The number of ether oxygens (including phenoxy) is 2. The lowest BCUT2D eigenvalue weighted by Gasteiger charge is -2.16. The van der Waals surface area contributed by atoms with Gasteiger partial charge in [0.2, 0.25) is 0 Å². The van der Waals surface area contributed by atoms with Gasteiger partial charge in [0.25, 0.3) is 0 Å². The number of aliphatic hydroxyl groups is 3. The maximum absolute atomic E-state index is 12.4. The summed E-state index contributed by atoms with van der Waals surface area (Å²) in [5, 5.41) is 30.5. The Kier molecular flexibility index (Phi) is 27.4. The summed E-state index contributed by atoms with van der Waals surface area (Å²) in [5.41, 5.74) is 0. The lowest BCUT2D eigenvalue weighted by atomic mass is 9.90. The number of rotatable bonds is 31. The highest BCUT2D eigenvalue weighted by atomic mass is 16.6. The number of ketones is 1. The average molecular weight is 679 g/mol. The van der Waals surface area contributed by atoms with Crippen LogP contribution in [-0.4, -0.2) is 64.6 Å². The van der Waals surface area contributed by atoms with Crippen LogP contribution in [0.3, 0.4) is 0 Å². The highest BCUT2D eigenvalue weighted by Gasteiger charge is 2.39. The highest BCUT2D eigenvalue weighted by Crippen LogP contribution is 2.33. The normalized spacial score (nSPS) is 19.4. The van der Waals surface area contributed by atoms with E-state index in [1.165, 1.54) is 70.6 Å². The largest absolute Gasteiger partial charge is 0.463 e. The molecular formula is C40H70O8. The standard InChI is InChI=1S/C40H70O8/c1-3-5-7-8-9-10-11-12-13-14-15-16-17-22-26-39(45)47-31-34(42)32-48-40(46)27-23-19-18-21-25-35-36(38(44)30-37(35)43)29-28-33(41)24-20-6-4-2/h18,21,28-29,33-36,38,41-42,44H,3-17,19-20,22-27,30-32H2,1-2H3/b21-18-,29-28+/t33-,34-,35+,36+,38+/m0/s1. The third-order valence-corrected chi connectivity index (χ3v) is 9.31. The Hall–Kier alpha value is -2.03. The molecule has 0 aromatic rings. The van der Waals surface area contributed by atoms with Gasteiger partial charge in [0.05, 0.1) is 12.2 Å². The molecule has 0 radical (unpaired) electrons. The van der Waals surface area contributed by atoms with E-state index in [2.05, 4.69) is 13.8 Å². The molecule has 0 spiro atoms. The SMILES string of the molecule is CCCCCCCCCCCCCCCCC(=O)OC[C@H](O)COC(=O)CCC/C=C\C[C@H]1C(=O)C[C@@H](O)[C@@H]1/C=C/[C@@H](O)CCCCC. The van der Waals surface area contributed by atoms with E-state index in [-0.39, 0.29) is 49.6 Å². The van der Waals surface area contributed by atoms with E-state index >= 15 is 0 Å². The van der Waals surface area contributed by atoms with Crippen molar-refractivity contribution in [2.75, 3.05) is 13.2 Å². The molecule has 0 aliphatic heterocycles. The summed E-state index contributed by atoms with van der Waals surface area (Å²) in [4.78, 5) is 36.4. The topological polar surface area (TPSA) is 130 Å². The number of aliphatic hydroxyl groups excluding tert-OH is 3. The summed E-state index contributed by atoms with van der Waals surface area (Å²) < 4.78 is 10.3. The second-order valence-electron chi connectivity index (χ2n) is 13.8. The molecule has 0 bridgehead atoms. The number of Topliss-reactive ketones (excluding diaryl/α,β-unsaturated/α-hetero) is 1. The first-order valence-electron chi connectivity index (χ1n) is 19.5. The maximum Gasteiger partial charge on any atom is 0.305 e. The van der Waals surface area contributed by atoms with Crippen molar-refractivity contribution in [3.63, 3.8) is 0 Å². The average Bonchev–Trinajstić information content (AvgIpc) is 3.34. The number of hydrogen-bond acceptors (Lipinski definition) is 8. The smallest absolute Gasteiger partial charge is 0.305 e. The van der Waals surface area contributed by atoms with Crippen LogP contribution in [0.15, 0.2) is 24.3 Å². The second-order valence-corrected chi connectivity index (χ2v) is 13.8. The van der Waals surface area contributed by atoms with Gasteiger partial charge in [-0.05, 0) is 32.1 Å². The minimum atomic E-state index is -1.05. The minimum Gasteiger partial charge on any atom is -0.463 e. The van der Waals surface area contributed by atoms with E-state index in [4.69, 9.17) is 9.47 Å². The van der Waals surface area contributed by atoms with Crippen LogP contribution in [0.25, 0.3) is 0 Å². The van der Waals surface area contributed by atoms with Gasteiger partial charge in [0.1, 0.15) is 25.1 Å². The van der Waals surface area contributed by atoms with Gasteiger partial charge in [-0.15, -0.1) is 0 Å². The molecule has 1 aliphatic rings. The summed E-state index contributed by atoms with van der Waals surface area (Å²) in [7, 11) is 0. The summed E-state index contributed by atoms with van der Waals surface area (Å²) in [5.74, 6) is -1.33. The zero-order valence-corrected chi connectivity index (χ0v) is 30.5. The Morgan fingerprint density at radius 1 is 0.729 bits per heavy atom. The van der Waals surface area contributed by atoms with Gasteiger partial charge in [-0.3, -0.25) is 14.4 Å². The van der Waals surface area contributed by atoms with Crippen LogP contribution < -0.4 is 0 Å². The van der Waals surface area contributed by atoms with E-state index in [0.717, 1.165) is 38.5 Å². The summed E-state index contributed by atoms with van der Waals surface area (Å²) in [6.45, 7) is 3.97. The maximum atomic E-state index is 12.4. The van der Waals surface area contributed by atoms with Crippen LogP contribution in [0, 0.1) is 11.8 Å². The number of carbonyl (C=O) groups is 3. The van der Waals surface area contributed by atoms with Crippen molar-refractivity contribution < 1.29 is 39.2 Å². The lowest BCUT2D eigenvalue weighted by Crippen LogP contribution is -2.25. The molecule has 8 nitrogen and oxygen atoms in total. The second kappa shape index (κ2) is 29.8. The van der Waals surface area contributed by atoms with Gasteiger partial charge < -0.3 is 24.8 Å². The fourth-order valence-electron chi connectivity index (χ4n) is 6.24. The summed E-state index contributed by atoms with van der Waals surface area (Å²) in [6, 6.07) is 0.